The number of nitrogens with two attached hydrogens (primary N) is 1. The molecule has 1 aromatic carbocycles. The van der Waals surface area contributed by atoms with E-state index >= 15 is 0 Å². The number of piperidine rings is 1. The topological polar surface area (TPSA) is 76.0 Å². The maximum atomic E-state index is 12.5. The Labute approximate surface area is 161 Å². The van der Waals surface area contributed by atoms with E-state index in [1.807, 2.05) is 12.1 Å². The SMILES string of the molecule is NC(=NCC(c1ccco1)N1CCCCC1)Nc1ccccc1OC(F)(F)F. The maximum Gasteiger partial charge on any atom is 0.573 e. The first-order valence-corrected chi connectivity index (χ1v) is 9.11. The Morgan fingerprint density at radius 1 is 1.18 bits per heavy atom. The van der Waals surface area contributed by atoms with Gasteiger partial charge in [-0.05, 0) is 50.2 Å². The Kier molecular flexibility index (Phi) is 6.45. The summed E-state index contributed by atoms with van der Waals surface area (Å²) < 4.78 is 47.2. The second-order valence-corrected chi connectivity index (χ2v) is 6.52. The number of hydrogen-bond donors (Lipinski definition) is 2. The Morgan fingerprint density at radius 3 is 2.61 bits per heavy atom. The molecular formula is C19H23F3N4O2. The highest BCUT2D eigenvalue weighted by Crippen LogP contribution is 2.30. The van der Waals surface area contributed by atoms with Crippen LogP contribution in [0.15, 0.2) is 52.1 Å². The zero-order valence-corrected chi connectivity index (χ0v) is 15.3. The van der Waals surface area contributed by atoms with E-state index in [2.05, 4.69) is 19.9 Å². The molecule has 152 valence electrons. The third kappa shape index (κ3) is 5.66. The van der Waals surface area contributed by atoms with Crippen molar-refractivity contribution < 1.29 is 22.3 Å². The number of ether oxygens (including phenoxy) is 1. The molecule has 2 heterocycles. The second kappa shape index (κ2) is 9.01. The lowest BCUT2D eigenvalue weighted by atomic mass is 10.1. The van der Waals surface area contributed by atoms with Crippen LogP contribution < -0.4 is 15.8 Å². The van der Waals surface area contributed by atoms with E-state index in [0.29, 0.717) is 6.54 Å². The van der Waals surface area contributed by atoms with Gasteiger partial charge in [-0.25, -0.2) is 0 Å². The van der Waals surface area contributed by atoms with Crippen LogP contribution in [0.25, 0.3) is 0 Å². The van der Waals surface area contributed by atoms with Crippen molar-refractivity contribution in [3.63, 3.8) is 0 Å². The van der Waals surface area contributed by atoms with Crippen LogP contribution in [0.4, 0.5) is 18.9 Å². The number of nitrogens with zero attached hydrogens (tertiary/aromatic N) is 2. The molecule has 1 aromatic heterocycles. The fourth-order valence-electron chi connectivity index (χ4n) is 3.24. The van der Waals surface area contributed by atoms with Crippen LogP contribution in [-0.4, -0.2) is 36.9 Å². The quantitative estimate of drug-likeness (QED) is 0.567. The summed E-state index contributed by atoms with van der Waals surface area (Å²) in [7, 11) is 0. The first-order chi connectivity index (χ1) is 13.4. The van der Waals surface area contributed by atoms with Crippen molar-refractivity contribution in [2.24, 2.45) is 10.7 Å². The van der Waals surface area contributed by atoms with E-state index < -0.39 is 6.36 Å². The number of benzene rings is 1. The van der Waals surface area contributed by atoms with Crippen molar-refractivity contribution in [3.8, 4) is 5.75 Å². The van der Waals surface area contributed by atoms with Gasteiger partial charge in [-0.1, -0.05) is 18.6 Å². The molecule has 1 aliphatic heterocycles. The lowest BCUT2D eigenvalue weighted by Gasteiger charge is -2.32. The second-order valence-electron chi connectivity index (χ2n) is 6.52. The van der Waals surface area contributed by atoms with E-state index in [4.69, 9.17) is 10.2 Å². The van der Waals surface area contributed by atoms with Gasteiger partial charge in [0.15, 0.2) is 11.7 Å². The first kappa shape index (κ1) is 20.1. The number of anilines is 1. The standard InChI is InChI=1S/C19H23F3N4O2/c20-19(21,22)28-16-8-3-2-7-14(16)25-18(23)24-13-15(17-9-6-12-27-17)26-10-4-1-5-11-26/h2-3,6-9,12,15H,1,4-5,10-11,13H2,(H3,23,24,25). The Morgan fingerprint density at radius 2 is 1.93 bits per heavy atom. The summed E-state index contributed by atoms with van der Waals surface area (Å²) in [6.45, 7) is 2.21. The van der Waals surface area contributed by atoms with Gasteiger partial charge in [0, 0.05) is 0 Å². The molecule has 1 atom stereocenters. The molecular weight excluding hydrogens is 373 g/mol. The molecule has 1 aliphatic rings. The van der Waals surface area contributed by atoms with E-state index in [-0.39, 0.29) is 23.4 Å². The molecule has 0 radical (unpaired) electrons. The number of rotatable bonds is 6. The van der Waals surface area contributed by atoms with Gasteiger partial charge in [-0.15, -0.1) is 13.2 Å². The van der Waals surface area contributed by atoms with Crippen LogP contribution in [0.2, 0.25) is 0 Å². The largest absolute Gasteiger partial charge is 0.573 e. The van der Waals surface area contributed by atoms with E-state index in [0.717, 1.165) is 31.7 Å². The van der Waals surface area contributed by atoms with Gasteiger partial charge in [-0.3, -0.25) is 9.89 Å². The fourth-order valence-corrected chi connectivity index (χ4v) is 3.24. The van der Waals surface area contributed by atoms with Gasteiger partial charge in [0.25, 0.3) is 0 Å². The first-order valence-electron chi connectivity index (χ1n) is 9.11. The van der Waals surface area contributed by atoms with Gasteiger partial charge in [0.05, 0.1) is 24.5 Å². The van der Waals surface area contributed by atoms with E-state index in [9.17, 15) is 13.2 Å². The number of alkyl halides is 3. The molecule has 2 aromatic rings. The predicted molar refractivity (Wildman–Crippen MR) is 100 cm³/mol. The zero-order valence-electron chi connectivity index (χ0n) is 15.3. The molecule has 9 heteroatoms. The molecule has 3 rings (SSSR count). The average Bonchev–Trinajstić information content (AvgIpc) is 3.18. The predicted octanol–water partition coefficient (Wildman–Crippen LogP) is 4.13. The minimum Gasteiger partial charge on any atom is -0.468 e. The molecule has 0 spiro atoms. The van der Waals surface area contributed by atoms with E-state index in [1.165, 1.54) is 24.6 Å². The molecule has 0 aliphatic carbocycles. The number of nitrogens with one attached hydrogen (secondary N) is 1. The van der Waals surface area contributed by atoms with Gasteiger partial charge in [0.1, 0.15) is 5.76 Å². The third-order valence-electron chi connectivity index (χ3n) is 4.51. The van der Waals surface area contributed by atoms with Crippen LogP contribution in [-0.2, 0) is 0 Å². The molecule has 1 fully saturated rings. The Balaban J connectivity index is 1.70. The molecule has 0 amide bonds. The van der Waals surface area contributed by atoms with Crippen molar-refractivity contribution in [1.29, 1.82) is 0 Å². The summed E-state index contributed by atoms with van der Waals surface area (Å²) in [5, 5.41) is 2.69. The molecule has 0 saturated carbocycles. The number of likely N-dealkylation sites (tertiary alicyclic amines) is 1. The zero-order chi connectivity index (χ0) is 20.0. The van der Waals surface area contributed by atoms with Crippen molar-refractivity contribution in [1.82, 2.24) is 4.90 Å². The highest BCUT2D eigenvalue weighted by atomic mass is 19.4. The summed E-state index contributed by atoms with van der Waals surface area (Å²) in [6, 6.07) is 9.33. The van der Waals surface area contributed by atoms with Crippen molar-refractivity contribution in [2.45, 2.75) is 31.7 Å². The van der Waals surface area contributed by atoms with Crippen LogP contribution in [0, 0.1) is 0 Å². The summed E-state index contributed by atoms with van der Waals surface area (Å²) in [4.78, 5) is 6.62. The van der Waals surface area contributed by atoms with Gasteiger partial charge < -0.3 is 20.2 Å². The maximum absolute atomic E-state index is 12.5. The van der Waals surface area contributed by atoms with Crippen LogP contribution in [0.3, 0.4) is 0 Å². The lowest BCUT2D eigenvalue weighted by Crippen LogP contribution is -2.36. The van der Waals surface area contributed by atoms with Gasteiger partial charge in [-0.2, -0.15) is 0 Å². The van der Waals surface area contributed by atoms with Crippen LogP contribution >= 0.6 is 0 Å². The minimum atomic E-state index is -4.79. The van der Waals surface area contributed by atoms with Crippen molar-refractivity contribution in [3.05, 3.63) is 48.4 Å². The average molecular weight is 396 g/mol. The Bertz CT molecular complexity index is 772. The van der Waals surface area contributed by atoms with Gasteiger partial charge in [0.2, 0.25) is 0 Å². The highest BCUT2D eigenvalue weighted by Gasteiger charge is 2.32. The third-order valence-corrected chi connectivity index (χ3v) is 4.51. The van der Waals surface area contributed by atoms with E-state index in [1.54, 1.807) is 12.3 Å². The number of para-hydroxylation sites is 2. The summed E-state index contributed by atoms with van der Waals surface area (Å²) in [5.41, 5.74) is 6.01. The molecule has 1 unspecified atom stereocenters. The Hall–Kier alpha value is -2.68. The molecule has 28 heavy (non-hydrogen) atoms. The van der Waals surface area contributed by atoms with Crippen molar-refractivity contribution in [2.75, 3.05) is 25.0 Å². The highest BCUT2D eigenvalue weighted by molar-refractivity contribution is 5.93. The summed E-state index contributed by atoms with van der Waals surface area (Å²) in [6.07, 6.45) is 0.239. The number of halogens is 3. The normalized spacial score (nSPS) is 17.3. The number of guanidine groups is 1. The fraction of sp³-hybridized carbons (Fsp3) is 0.421. The number of hydrogen-bond acceptors (Lipinski definition) is 4. The van der Waals surface area contributed by atoms with Crippen molar-refractivity contribution >= 4 is 11.6 Å². The number of aliphatic imine (C=N–C) groups is 1. The van der Waals surface area contributed by atoms with Gasteiger partial charge >= 0.3 is 6.36 Å². The molecule has 3 N–H and O–H groups in total. The molecule has 6 nitrogen and oxygen atoms in total. The minimum absolute atomic E-state index is 0.00629. The van der Waals surface area contributed by atoms with Crippen LogP contribution in [0.1, 0.15) is 31.1 Å². The molecule has 0 bridgehead atoms. The summed E-state index contributed by atoms with van der Waals surface area (Å²) >= 11 is 0. The van der Waals surface area contributed by atoms with Crippen LogP contribution in [0.5, 0.6) is 5.75 Å². The summed E-state index contributed by atoms with van der Waals surface area (Å²) in [5.74, 6) is 0.429. The number of furan rings is 1. The molecule has 1 saturated heterocycles. The lowest BCUT2D eigenvalue weighted by molar-refractivity contribution is -0.274. The smallest absolute Gasteiger partial charge is 0.468 e. The monoisotopic (exact) mass is 396 g/mol.